The fourth-order valence-corrected chi connectivity index (χ4v) is 1.55. The van der Waals surface area contributed by atoms with Gasteiger partial charge in [0.2, 0.25) is 0 Å². The summed E-state index contributed by atoms with van der Waals surface area (Å²) in [6.45, 7) is 2.13. The van der Waals surface area contributed by atoms with Crippen LogP contribution >= 0.6 is 0 Å². The molecular formula is C12H20N2O2. The first kappa shape index (κ1) is 13.0. The molecule has 4 heteroatoms. The second-order valence-electron chi connectivity index (χ2n) is 3.94. The summed E-state index contributed by atoms with van der Waals surface area (Å²) in [5.41, 5.74) is 6.80. The van der Waals surface area contributed by atoms with Gasteiger partial charge in [0.25, 0.3) is 0 Å². The van der Waals surface area contributed by atoms with E-state index in [1.165, 1.54) is 0 Å². The number of benzene rings is 1. The van der Waals surface area contributed by atoms with Gasteiger partial charge in [0.15, 0.2) is 0 Å². The molecule has 0 saturated carbocycles. The molecule has 1 rings (SSSR count). The van der Waals surface area contributed by atoms with Gasteiger partial charge in [0.05, 0.1) is 18.8 Å². The minimum Gasteiger partial charge on any atom is -0.394 e. The van der Waals surface area contributed by atoms with E-state index in [1.807, 2.05) is 31.2 Å². The van der Waals surface area contributed by atoms with Crippen LogP contribution in [0.2, 0.25) is 0 Å². The van der Waals surface area contributed by atoms with E-state index in [9.17, 15) is 10.2 Å². The van der Waals surface area contributed by atoms with Crippen molar-refractivity contribution in [1.82, 2.24) is 0 Å². The second kappa shape index (κ2) is 5.84. The lowest BCUT2D eigenvalue weighted by Crippen LogP contribution is -2.45. The van der Waals surface area contributed by atoms with Crippen LogP contribution in [-0.2, 0) is 6.54 Å². The maximum atomic E-state index is 9.35. The third-order valence-corrected chi connectivity index (χ3v) is 2.92. The van der Waals surface area contributed by atoms with Crippen molar-refractivity contribution >= 4 is 5.69 Å². The van der Waals surface area contributed by atoms with E-state index in [-0.39, 0.29) is 13.2 Å². The number of nitrogens with one attached hydrogen (secondary N) is 1. The molecule has 0 radical (unpaired) electrons. The molecule has 0 atom stereocenters. The normalized spacial score (nSPS) is 11.5. The fraction of sp³-hybridized carbons (Fsp3) is 0.500. The Balaban J connectivity index is 2.93. The van der Waals surface area contributed by atoms with Gasteiger partial charge >= 0.3 is 0 Å². The van der Waals surface area contributed by atoms with Crippen molar-refractivity contribution in [1.29, 1.82) is 0 Å². The summed E-state index contributed by atoms with van der Waals surface area (Å²) in [6, 6.07) is 7.64. The number of aliphatic hydroxyl groups excluding tert-OH is 2. The summed E-state index contributed by atoms with van der Waals surface area (Å²) in [5, 5.41) is 21.9. The second-order valence-corrected chi connectivity index (χ2v) is 3.94. The lowest BCUT2D eigenvalue weighted by atomic mass is 9.97. The van der Waals surface area contributed by atoms with E-state index >= 15 is 0 Å². The van der Waals surface area contributed by atoms with Crippen molar-refractivity contribution < 1.29 is 10.2 Å². The minimum absolute atomic E-state index is 0.112. The minimum atomic E-state index is -0.675. The molecule has 0 amide bonds. The number of aliphatic hydroxyl groups is 2. The molecule has 0 bridgehead atoms. The Morgan fingerprint density at radius 1 is 1.25 bits per heavy atom. The first-order valence-electron chi connectivity index (χ1n) is 5.49. The van der Waals surface area contributed by atoms with Crippen molar-refractivity contribution in [2.24, 2.45) is 5.73 Å². The summed E-state index contributed by atoms with van der Waals surface area (Å²) in [5.74, 6) is 0. The van der Waals surface area contributed by atoms with Crippen molar-refractivity contribution in [3.05, 3.63) is 29.8 Å². The van der Waals surface area contributed by atoms with Crippen LogP contribution in [-0.4, -0.2) is 29.0 Å². The van der Waals surface area contributed by atoms with Gasteiger partial charge in [-0.25, -0.2) is 0 Å². The quantitative estimate of drug-likeness (QED) is 0.573. The number of anilines is 1. The Morgan fingerprint density at radius 2 is 1.88 bits per heavy atom. The van der Waals surface area contributed by atoms with Crippen molar-refractivity contribution in [3.8, 4) is 0 Å². The highest BCUT2D eigenvalue weighted by atomic mass is 16.3. The first-order chi connectivity index (χ1) is 7.71. The molecule has 0 aliphatic rings. The zero-order valence-electron chi connectivity index (χ0n) is 9.61. The lowest BCUT2D eigenvalue weighted by Gasteiger charge is -2.31. The molecule has 4 nitrogen and oxygen atoms in total. The van der Waals surface area contributed by atoms with Crippen LogP contribution in [0.15, 0.2) is 24.3 Å². The number of rotatable bonds is 6. The third kappa shape index (κ3) is 2.72. The zero-order chi connectivity index (χ0) is 12.0. The molecule has 0 saturated heterocycles. The Labute approximate surface area is 96.1 Å². The molecule has 5 N–H and O–H groups in total. The van der Waals surface area contributed by atoms with Crippen molar-refractivity contribution in [2.75, 3.05) is 18.5 Å². The molecule has 0 spiro atoms. The maximum Gasteiger partial charge on any atom is 0.0832 e. The van der Waals surface area contributed by atoms with E-state index in [0.29, 0.717) is 13.0 Å². The standard InChI is InChI=1S/C12H20N2O2/c1-2-12(8-15,9-16)14-11-6-4-3-5-10(11)7-13/h3-6,14-16H,2,7-9,13H2,1H3. The molecule has 0 aliphatic heterocycles. The fourth-order valence-electron chi connectivity index (χ4n) is 1.55. The number of nitrogens with two attached hydrogens (primary N) is 1. The van der Waals surface area contributed by atoms with Crippen LogP contribution in [0.25, 0.3) is 0 Å². The Morgan fingerprint density at radius 3 is 2.38 bits per heavy atom. The highest BCUT2D eigenvalue weighted by Crippen LogP contribution is 2.21. The van der Waals surface area contributed by atoms with Crippen molar-refractivity contribution in [3.63, 3.8) is 0 Å². The monoisotopic (exact) mass is 224 g/mol. The molecule has 0 unspecified atom stereocenters. The Bertz CT molecular complexity index is 316. The molecule has 0 heterocycles. The highest BCUT2D eigenvalue weighted by molar-refractivity contribution is 5.53. The number of hydrogen-bond acceptors (Lipinski definition) is 4. The Hall–Kier alpha value is -1.10. The number of hydrogen-bond donors (Lipinski definition) is 4. The van der Waals surface area contributed by atoms with Gasteiger partial charge in [0, 0.05) is 12.2 Å². The van der Waals surface area contributed by atoms with Gasteiger partial charge in [0.1, 0.15) is 0 Å². The van der Waals surface area contributed by atoms with Crippen LogP contribution in [0.3, 0.4) is 0 Å². The van der Waals surface area contributed by atoms with E-state index in [2.05, 4.69) is 5.32 Å². The van der Waals surface area contributed by atoms with Crippen LogP contribution < -0.4 is 11.1 Å². The summed E-state index contributed by atoms with van der Waals surface area (Å²) >= 11 is 0. The predicted octanol–water partition coefficient (Wildman–Crippen LogP) is 0.691. The van der Waals surface area contributed by atoms with Gasteiger partial charge in [-0.2, -0.15) is 0 Å². The van der Waals surface area contributed by atoms with Gasteiger partial charge in [-0.05, 0) is 18.1 Å². The number of para-hydroxylation sites is 1. The predicted molar refractivity (Wildman–Crippen MR) is 65.1 cm³/mol. The smallest absolute Gasteiger partial charge is 0.0832 e. The van der Waals surface area contributed by atoms with Gasteiger partial charge in [-0.15, -0.1) is 0 Å². The van der Waals surface area contributed by atoms with Crippen LogP contribution in [0.1, 0.15) is 18.9 Å². The highest BCUT2D eigenvalue weighted by Gasteiger charge is 2.26. The molecule has 0 aliphatic carbocycles. The molecule has 90 valence electrons. The van der Waals surface area contributed by atoms with Crippen LogP contribution in [0, 0.1) is 0 Å². The SMILES string of the molecule is CCC(CO)(CO)Nc1ccccc1CN. The molecule has 1 aromatic carbocycles. The topological polar surface area (TPSA) is 78.5 Å². The van der Waals surface area contributed by atoms with E-state index in [1.54, 1.807) is 0 Å². The summed E-state index contributed by atoms with van der Waals surface area (Å²) in [6.07, 6.45) is 0.638. The van der Waals surface area contributed by atoms with Crippen molar-refractivity contribution in [2.45, 2.75) is 25.4 Å². The average Bonchev–Trinajstić information content (AvgIpc) is 2.36. The molecule has 16 heavy (non-hydrogen) atoms. The third-order valence-electron chi connectivity index (χ3n) is 2.92. The molecule has 0 fully saturated rings. The van der Waals surface area contributed by atoms with Gasteiger partial charge in [-0.3, -0.25) is 0 Å². The maximum absolute atomic E-state index is 9.35. The average molecular weight is 224 g/mol. The molecule has 1 aromatic rings. The summed E-state index contributed by atoms with van der Waals surface area (Å²) < 4.78 is 0. The van der Waals surface area contributed by atoms with Crippen LogP contribution in [0.4, 0.5) is 5.69 Å². The lowest BCUT2D eigenvalue weighted by molar-refractivity contribution is 0.132. The summed E-state index contributed by atoms with van der Waals surface area (Å²) in [4.78, 5) is 0. The largest absolute Gasteiger partial charge is 0.394 e. The molecule has 0 aromatic heterocycles. The van der Waals surface area contributed by atoms with Gasteiger partial charge < -0.3 is 21.3 Å². The van der Waals surface area contributed by atoms with E-state index in [0.717, 1.165) is 11.3 Å². The first-order valence-corrected chi connectivity index (χ1v) is 5.49. The van der Waals surface area contributed by atoms with E-state index < -0.39 is 5.54 Å². The summed E-state index contributed by atoms with van der Waals surface area (Å²) in [7, 11) is 0. The van der Waals surface area contributed by atoms with E-state index in [4.69, 9.17) is 5.73 Å². The van der Waals surface area contributed by atoms with Crippen LogP contribution in [0.5, 0.6) is 0 Å². The Kier molecular flexibility index (Phi) is 4.73. The molecular weight excluding hydrogens is 204 g/mol. The zero-order valence-corrected chi connectivity index (χ0v) is 9.61. The van der Waals surface area contributed by atoms with Gasteiger partial charge in [-0.1, -0.05) is 25.1 Å².